The summed E-state index contributed by atoms with van der Waals surface area (Å²) in [6, 6.07) is 1.20. The van der Waals surface area contributed by atoms with Crippen LogP contribution in [0, 0.1) is 11.6 Å². The van der Waals surface area contributed by atoms with Crippen LogP contribution in [0.3, 0.4) is 0 Å². The molecule has 13 heavy (non-hydrogen) atoms. The van der Waals surface area contributed by atoms with Gasteiger partial charge in [0.2, 0.25) is 0 Å². The maximum atomic E-state index is 12.6. The van der Waals surface area contributed by atoms with E-state index in [1.54, 1.807) is 0 Å². The fourth-order valence-electron chi connectivity index (χ4n) is 0.758. The van der Waals surface area contributed by atoms with Crippen LogP contribution in [0.4, 0.5) is 22.0 Å². The summed E-state index contributed by atoms with van der Waals surface area (Å²) >= 11 is 3.43. The van der Waals surface area contributed by atoms with E-state index in [2.05, 4.69) is 12.6 Å². The second-order valence-corrected chi connectivity index (χ2v) is 2.74. The molecule has 1 aromatic rings. The van der Waals surface area contributed by atoms with Crippen LogP contribution in [0.1, 0.15) is 5.56 Å². The Bertz CT molecular complexity index is 330. The zero-order valence-electron chi connectivity index (χ0n) is 5.99. The van der Waals surface area contributed by atoms with Crippen molar-refractivity contribution in [3.8, 4) is 0 Å². The van der Waals surface area contributed by atoms with Crippen LogP contribution in [0.2, 0.25) is 0 Å². The van der Waals surface area contributed by atoms with Crippen LogP contribution >= 0.6 is 12.6 Å². The minimum absolute atomic E-state index is 0.445. The van der Waals surface area contributed by atoms with Gasteiger partial charge in [-0.1, -0.05) is 0 Å². The smallest absolute Gasteiger partial charge is 0.203 e. The molecule has 0 aliphatic carbocycles. The minimum Gasteiger partial charge on any atom is -0.203 e. The standard InChI is InChI=1S/C7H3F5S/c8-5-3(7(10,11)12)1-2-4(13)6(5)9/h1-2,13H. The number of halogens is 5. The number of thiol groups is 1. The highest BCUT2D eigenvalue weighted by atomic mass is 32.1. The average Bonchev–Trinajstić information content (AvgIpc) is 1.98. The Morgan fingerprint density at radius 1 is 1.00 bits per heavy atom. The Hall–Kier alpha value is -0.780. The molecule has 0 N–H and O–H groups in total. The van der Waals surface area contributed by atoms with E-state index in [-0.39, 0.29) is 0 Å². The van der Waals surface area contributed by atoms with E-state index in [9.17, 15) is 22.0 Å². The first-order valence-electron chi connectivity index (χ1n) is 3.08. The highest BCUT2D eigenvalue weighted by Gasteiger charge is 2.35. The summed E-state index contributed by atoms with van der Waals surface area (Å²) in [4.78, 5) is -0.453. The van der Waals surface area contributed by atoms with Gasteiger partial charge in [-0.05, 0) is 12.1 Å². The van der Waals surface area contributed by atoms with E-state index in [4.69, 9.17) is 0 Å². The highest BCUT2D eigenvalue weighted by molar-refractivity contribution is 7.80. The van der Waals surface area contributed by atoms with Crippen LogP contribution in [0.15, 0.2) is 17.0 Å². The molecule has 72 valence electrons. The van der Waals surface area contributed by atoms with E-state index < -0.39 is 28.3 Å². The summed E-state index contributed by atoms with van der Waals surface area (Å²) in [6.45, 7) is 0. The number of hydrogen-bond acceptors (Lipinski definition) is 1. The van der Waals surface area contributed by atoms with Crippen molar-refractivity contribution in [3.63, 3.8) is 0 Å². The first-order valence-corrected chi connectivity index (χ1v) is 3.53. The summed E-state index contributed by atoms with van der Waals surface area (Å²) in [5.74, 6) is -3.50. The summed E-state index contributed by atoms with van der Waals surface area (Å²) in [5.41, 5.74) is -1.62. The fraction of sp³-hybridized carbons (Fsp3) is 0.143. The summed E-state index contributed by atoms with van der Waals surface area (Å²) in [7, 11) is 0. The van der Waals surface area contributed by atoms with E-state index in [0.29, 0.717) is 6.07 Å². The summed E-state index contributed by atoms with van der Waals surface area (Å²) in [6.07, 6.45) is -4.88. The molecule has 0 atom stereocenters. The molecule has 0 aliphatic heterocycles. The molecule has 0 saturated carbocycles. The second-order valence-electron chi connectivity index (χ2n) is 2.26. The van der Waals surface area contributed by atoms with Crippen LogP contribution in [-0.4, -0.2) is 0 Å². The molecular weight excluding hydrogens is 211 g/mol. The lowest BCUT2D eigenvalue weighted by Crippen LogP contribution is -2.09. The highest BCUT2D eigenvalue weighted by Crippen LogP contribution is 2.33. The first-order chi connectivity index (χ1) is 5.84. The Labute approximate surface area is 75.8 Å². The van der Waals surface area contributed by atoms with Gasteiger partial charge in [0.1, 0.15) is 0 Å². The van der Waals surface area contributed by atoms with Crippen molar-refractivity contribution in [3.05, 3.63) is 29.3 Å². The third-order valence-corrected chi connectivity index (χ3v) is 1.71. The minimum atomic E-state index is -4.88. The topological polar surface area (TPSA) is 0 Å². The molecule has 1 rings (SSSR count). The van der Waals surface area contributed by atoms with Gasteiger partial charge in [0, 0.05) is 4.90 Å². The summed E-state index contributed by atoms with van der Waals surface area (Å²) < 4.78 is 61.0. The molecule has 6 heteroatoms. The lowest BCUT2D eigenvalue weighted by Gasteiger charge is -2.08. The van der Waals surface area contributed by atoms with Crippen LogP contribution in [-0.2, 0) is 6.18 Å². The maximum Gasteiger partial charge on any atom is 0.419 e. The van der Waals surface area contributed by atoms with Gasteiger partial charge in [0.15, 0.2) is 11.6 Å². The number of hydrogen-bond donors (Lipinski definition) is 1. The lowest BCUT2D eigenvalue weighted by molar-refractivity contribution is -0.140. The van der Waals surface area contributed by atoms with E-state index >= 15 is 0 Å². The largest absolute Gasteiger partial charge is 0.419 e. The quantitative estimate of drug-likeness (QED) is 0.497. The first kappa shape index (κ1) is 10.3. The maximum absolute atomic E-state index is 12.6. The molecule has 1 aromatic carbocycles. The van der Waals surface area contributed by atoms with Crippen molar-refractivity contribution in [2.75, 3.05) is 0 Å². The van der Waals surface area contributed by atoms with Crippen molar-refractivity contribution >= 4 is 12.6 Å². The van der Waals surface area contributed by atoms with Gasteiger partial charge in [-0.3, -0.25) is 0 Å². The third-order valence-electron chi connectivity index (χ3n) is 1.37. The zero-order chi connectivity index (χ0) is 10.2. The SMILES string of the molecule is Fc1c(S)ccc(C(F)(F)F)c1F. The van der Waals surface area contributed by atoms with Gasteiger partial charge in [0.05, 0.1) is 5.56 Å². The zero-order valence-corrected chi connectivity index (χ0v) is 6.89. The van der Waals surface area contributed by atoms with Crippen LogP contribution in [0.5, 0.6) is 0 Å². The average molecular weight is 214 g/mol. The van der Waals surface area contributed by atoms with E-state index in [0.717, 1.165) is 6.07 Å². The normalized spacial score (nSPS) is 11.8. The Kier molecular flexibility index (Phi) is 2.51. The van der Waals surface area contributed by atoms with Crippen molar-refractivity contribution in [2.45, 2.75) is 11.1 Å². The molecule has 0 fully saturated rings. The number of benzene rings is 1. The molecule has 0 aliphatic rings. The Morgan fingerprint density at radius 3 is 2.00 bits per heavy atom. The fourth-order valence-corrected chi connectivity index (χ4v) is 0.931. The summed E-state index contributed by atoms with van der Waals surface area (Å²) in [5, 5.41) is 0. The van der Waals surface area contributed by atoms with Gasteiger partial charge < -0.3 is 0 Å². The van der Waals surface area contributed by atoms with Crippen LogP contribution in [0.25, 0.3) is 0 Å². The molecule has 0 spiro atoms. The molecule has 0 heterocycles. The number of alkyl halides is 3. The van der Waals surface area contributed by atoms with E-state index in [1.165, 1.54) is 0 Å². The monoisotopic (exact) mass is 214 g/mol. The van der Waals surface area contributed by atoms with Crippen molar-refractivity contribution in [1.29, 1.82) is 0 Å². The van der Waals surface area contributed by atoms with Crippen LogP contribution < -0.4 is 0 Å². The van der Waals surface area contributed by atoms with Gasteiger partial charge in [-0.15, -0.1) is 12.6 Å². The van der Waals surface area contributed by atoms with Gasteiger partial charge in [-0.25, -0.2) is 8.78 Å². The van der Waals surface area contributed by atoms with Gasteiger partial charge in [-0.2, -0.15) is 13.2 Å². The number of rotatable bonds is 0. The van der Waals surface area contributed by atoms with Gasteiger partial charge >= 0.3 is 6.18 Å². The van der Waals surface area contributed by atoms with Crippen molar-refractivity contribution in [1.82, 2.24) is 0 Å². The predicted octanol–water partition coefficient (Wildman–Crippen LogP) is 3.27. The molecule has 0 amide bonds. The molecule has 0 bridgehead atoms. The van der Waals surface area contributed by atoms with E-state index in [1.807, 2.05) is 0 Å². The molecule has 0 saturated heterocycles. The molecule has 0 unspecified atom stereocenters. The third kappa shape index (κ3) is 1.93. The molecule has 0 radical (unpaired) electrons. The predicted molar refractivity (Wildman–Crippen MR) is 38.6 cm³/mol. The molecular formula is C7H3F5S. The lowest BCUT2D eigenvalue weighted by atomic mass is 10.2. The van der Waals surface area contributed by atoms with Crippen molar-refractivity contribution < 1.29 is 22.0 Å². The molecule has 0 nitrogen and oxygen atoms in total. The van der Waals surface area contributed by atoms with Crippen molar-refractivity contribution in [2.24, 2.45) is 0 Å². The Balaban J connectivity index is 3.35. The molecule has 0 aromatic heterocycles. The Morgan fingerprint density at radius 2 is 1.54 bits per heavy atom. The second kappa shape index (κ2) is 3.17. The van der Waals surface area contributed by atoms with Gasteiger partial charge in [0.25, 0.3) is 0 Å².